The molecule has 2 heterocycles. The summed E-state index contributed by atoms with van der Waals surface area (Å²) in [4.78, 5) is 2.62. The lowest BCUT2D eigenvalue weighted by atomic mass is 9.90. The predicted molar refractivity (Wildman–Crippen MR) is 66.4 cm³/mol. The van der Waals surface area contributed by atoms with Crippen LogP contribution in [0.1, 0.15) is 33.1 Å². The van der Waals surface area contributed by atoms with Crippen molar-refractivity contribution in [3.63, 3.8) is 0 Å². The Kier molecular flexibility index (Phi) is 3.88. The normalized spacial score (nSPS) is 29.4. The third-order valence-corrected chi connectivity index (χ3v) is 4.23. The van der Waals surface area contributed by atoms with Crippen LogP contribution in [0.5, 0.6) is 0 Å². The highest BCUT2D eigenvalue weighted by Gasteiger charge is 2.36. The number of nitrogens with two attached hydrogens (primary N) is 1. The first-order valence-electron chi connectivity index (χ1n) is 6.64. The van der Waals surface area contributed by atoms with Gasteiger partial charge in [-0.1, -0.05) is 13.8 Å². The molecule has 0 aromatic carbocycles. The molecule has 0 saturated carbocycles. The van der Waals surface area contributed by atoms with Crippen LogP contribution in [0.2, 0.25) is 0 Å². The summed E-state index contributed by atoms with van der Waals surface area (Å²) in [5.41, 5.74) is 6.47. The minimum atomic E-state index is 0.485. The molecular weight excluding hydrogens is 200 g/mol. The molecular formula is C13H26N2O. The summed E-state index contributed by atoms with van der Waals surface area (Å²) < 4.78 is 5.44. The fourth-order valence-electron chi connectivity index (χ4n) is 3.18. The fourth-order valence-corrected chi connectivity index (χ4v) is 3.18. The van der Waals surface area contributed by atoms with Crippen molar-refractivity contribution in [2.24, 2.45) is 17.1 Å². The van der Waals surface area contributed by atoms with Crippen molar-refractivity contribution in [1.29, 1.82) is 0 Å². The topological polar surface area (TPSA) is 38.5 Å². The summed E-state index contributed by atoms with van der Waals surface area (Å²) in [5, 5.41) is 0. The number of hydrogen-bond donors (Lipinski definition) is 1. The van der Waals surface area contributed by atoms with E-state index >= 15 is 0 Å². The molecule has 1 unspecified atom stereocenters. The molecule has 1 atom stereocenters. The van der Waals surface area contributed by atoms with Gasteiger partial charge in [0, 0.05) is 32.3 Å². The van der Waals surface area contributed by atoms with E-state index in [1.54, 1.807) is 0 Å². The van der Waals surface area contributed by atoms with E-state index in [2.05, 4.69) is 18.7 Å². The molecule has 2 aliphatic rings. The summed E-state index contributed by atoms with van der Waals surface area (Å²) in [6, 6.07) is 0.589. The lowest BCUT2D eigenvalue weighted by Gasteiger charge is -2.36. The van der Waals surface area contributed by atoms with Gasteiger partial charge in [0.05, 0.1) is 0 Å². The van der Waals surface area contributed by atoms with Gasteiger partial charge in [-0.25, -0.2) is 0 Å². The van der Waals surface area contributed by atoms with Gasteiger partial charge >= 0.3 is 0 Å². The summed E-state index contributed by atoms with van der Waals surface area (Å²) in [5.74, 6) is 0.757. The molecule has 0 aromatic heterocycles. The molecule has 0 spiro atoms. The zero-order valence-electron chi connectivity index (χ0n) is 10.7. The zero-order chi connectivity index (χ0) is 11.6. The second kappa shape index (κ2) is 5.03. The maximum Gasteiger partial charge on any atom is 0.0469 e. The van der Waals surface area contributed by atoms with Crippen molar-refractivity contribution >= 4 is 0 Å². The molecule has 2 N–H and O–H groups in total. The van der Waals surface area contributed by atoms with Crippen molar-refractivity contribution < 1.29 is 4.74 Å². The second-order valence-electron chi connectivity index (χ2n) is 6.14. The number of nitrogens with zero attached hydrogens (tertiary/aromatic N) is 1. The Labute approximate surface area is 99.3 Å². The zero-order valence-corrected chi connectivity index (χ0v) is 10.7. The first kappa shape index (κ1) is 12.3. The molecule has 0 bridgehead atoms. The number of rotatable bonds is 3. The Bertz CT molecular complexity index is 224. The molecule has 3 heteroatoms. The van der Waals surface area contributed by atoms with Crippen molar-refractivity contribution in [2.45, 2.75) is 39.2 Å². The van der Waals surface area contributed by atoms with E-state index in [4.69, 9.17) is 10.5 Å². The number of likely N-dealkylation sites (tertiary alicyclic amines) is 1. The van der Waals surface area contributed by atoms with E-state index < -0.39 is 0 Å². The minimum Gasteiger partial charge on any atom is -0.381 e. The number of hydrogen-bond acceptors (Lipinski definition) is 3. The van der Waals surface area contributed by atoms with Crippen molar-refractivity contribution in [3.8, 4) is 0 Å². The van der Waals surface area contributed by atoms with Crippen molar-refractivity contribution in [1.82, 2.24) is 4.90 Å². The Hall–Kier alpha value is -0.120. The monoisotopic (exact) mass is 226 g/mol. The first-order valence-corrected chi connectivity index (χ1v) is 6.64. The van der Waals surface area contributed by atoms with Crippen LogP contribution >= 0.6 is 0 Å². The van der Waals surface area contributed by atoms with Gasteiger partial charge in [0.15, 0.2) is 0 Å². The standard InChI is InChI=1S/C13H26N2O/c1-13(2)5-6-15(10-13)12(9-14)11-3-7-16-8-4-11/h11-12H,3-10,14H2,1-2H3. The molecule has 2 aliphatic heterocycles. The van der Waals surface area contributed by atoms with Crippen LogP contribution in [0, 0.1) is 11.3 Å². The molecule has 0 radical (unpaired) electrons. The maximum absolute atomic E-state index is 5.99. The summed E-state index contributed by atoms with van der Waals surface area (Å²) >= 11 is 0. The fraction of sp³-hybridized carbons (Fsp3) is 1.00. The van der Waals surface area contributed by atoms with Gasteiger partial charge in [-0.2, -0.15) is 0 Å². The third kappa shape index (κ3) is 2.76. The van der Waals surface area contributed by atoms with Crippen LogP contribution < -0.4 is 5.73 Å². The molecule has 2 fully saturated rings. The summed E-state index contributed by atoms with van der Waals surface area (Å²) in [6.07, 6.45) is 3.70. The van der Waals surface area contributed by atoms with Gasteiger partial charge in [-0.05, 0) is 37.1 Å². The average molecular weight is 226 g/mol. The van der Waals surface area contributed by atoms with Gasteiger partial charge < -0.3 is 10.5 Å². The Morgan fingerprint density at radius 3 is 2.56 bits per heavy atom. The quantitative estimate of drug-likeness (QED) is 0.792. The predicted octanol–water partition coefficient (Wildman–Crippen LogP) is 1.47. The van der Waals surface area contributed by atoms with E-state index in [1.807, 2.05) is 0 Å². The van der Waals surface area contributed by atoms with Crippen LogP contribution in [0.15, 0.2) is 0 Å². The van der Waals surface area contributed by atoms with E-state index in [-0.39, 0.29) is 0 Å². The SMILES string of the molecule is CC1(C)CCN(C(CN)C2CCOCC2)C1. The van der Waals surface area contributed by atoms with Gasteiger partial charge in [0.1, 0.15) is 0 Å². The van der Waals surface area contributed by atoms with Crippen LogP contribution in [0.4, 0.5) is 0 Å². The van der Waals surface area contributed by atoms with E-state index in [1.165, 1.54) is 32.4 Å². The largest absolute Gasteiger partial charge is 0.381 e. The van der Waals surface area contributed by atoms with Gasteiger partial charge in [0.25, 0.3) is 0 Å². The highest BCUT2D eigenvalue weighted by molar-refractivity contribution is 4.90. The van der Waals surface area contributed by atoms with E-state index in [0.717, 1.165) is 25.7 Å². The van der Waals surface area contributed by atoms with Gasteiger partial charge in [-0.3, -0.25) is 4.90 Å². The minimum absolute atomic E-state index is 0.485. The molecule has 0 amide bonds. The van der Waals surface area contributed by atoms with Crippen LogP contribution in [0.25, 0.3) is 0 Å². The molecule has 0 aliphatic carbocycles. The van der Waals surface area contributed by atoms with Gasteiger partial charge in [0.2, 0.25) is 0 Å². The molecule has 0 aromatic rings. The van der Waals surface area contributed by atoms with Crippen LogP contribution in [-0.4, -0.2) is 43.8 Å². The maximum atomic E-state index is 5.99. The molecule has 94 valence electrons. The highest BCUT2D eigenvalue weighted by Crippen LogP contribution is 2.33. The van der Waals surface area contributed by atoms with E-state index in [9.17, 15) is 0 Å². The van der Waals surface area contributed by atoms with Crippen molar-refractivity contribution in [2.75, 3.05) is 32.8 Å². The third-order valence-electron chi connectivity index (χ3n) is 4.23. The smallest absolute Gasteiger partial charge is 0.0469 e. The Morgan fingerprint density at radius 2 is 2.06 bits per heavy atom. The Balaban J connectivity index is 1.94. The Morgan fingerprint density at radius 1 is 1.38 bits per heavy atom. The van der Waals surface area contributed by atoms with Crippen molar-refractivity contribution in [3.05, 3.63) is 0 Å². The molecule has 2 rings (SSSR count). The average Bonchev–Trinajstić information content (AvgIpc) is 2.62. The molecule has 3 nitrogen and oxygen atoms in total. The first-order chi connectivity index (χ1) is 7.62. The number of ether oxygens (including phenoxy) is 1. The van der Waals surface area contributed by atoms with Crippen LogP contribution in [-0.2, 0) is 4.74 Å². The highest BCUT2D eigenvalue weighted by atomic mass is 16.5. The lowest BCUT2D eigenvalue weighted by molar-refractivity contribution is 0.0313. The molecule has 2 saturated heterocycles. The van der Waals surface area contributed by atoms with Crippen LogP contribution in [0.3, 0.4) is 0 Å². The van der Waals surface area contributed by atoms with E-state index in [0.29, 0.717) is 11.5 Å². The summed E-state index contributed by atoms with van der Waals surface area (Å²) in [6.45, 7) is 9.84. The lowest BCUT2D eigenvalue weighted by Crippen LogP contribution is -2.46. The summed E-state index contributed by atoms with van der Waals surface area (Å²) in [7, 11) is 0. The van der Waals surface area contributed by atoms with Gasteiger partial charge in [-0.15, -0.1) is 0 Å². The molecule has 16 heavy (non-hydrogen) atoms. The second-order valence-corrected chi connectivity index (χ2v) is 6.14.